The largest absolute Gasteiger partial charge is 0.464 e. The first-order chi connectivity index (χ1) is 13.8. The predicted octanol–water partition coefficient (Wildman–Crippen LogP) is 2.18. The molecule has 0 saturated carbocycles. The Morgan fingerprint density at radius 1 is 1.14 bits per heavy atom. The normalized spacial score (nSPS) is 11.3. The minimum Gasteiger partial charge on any atom is -0.464 e. The Balaban J connectivity index is 1.64. The van der Waals surface area contributed by atoms with Gasteiger partial charge < -0.3 is 9.73 Å². The minimum atomic E-state index is -0.460. The van der Waals surface area contributed by atoms with Crippen molar-refractivity contribution in [3.05, 3.63) is 68.2 Å². The molecule has 1 N–H and O–H groups in total. The number of fused-ring (bicyclic) bond motifs is 2. The van der Waals surface area contributed by atoms with Gasteiger partial charge in [-0.15, -0.1) is 0 Å². The number of aromatic nitrogens is 3. The van der Waals surface area contributed by atoms with Crippen molar-refractivity contribution >= 4 is 33.6 Å². The van der Waals surface area contributed by atoms with Crippen LogP contribution in [0.15, 0.2) is 44.7 Å². The molecule has 148 valence electrons. The summed E-state index contributed by atoms with van der Waals surface area (Å²) in [4.78, 5) is 41.1. The quantitative estimate of drug-likeness (QED) is 0.576. The van der Waals surface area contributed by atoms with Gasteiger partial charge in [0, 0.05) is 25.0 Å². The molecular weight excluding hydrogens is 372 g/mol. The van der Waals surface area contributed by atoms with Crippen LogP contribution in [0.4, 0.5) is 5.69 Å². The zero-order valence-electron chi connectivity index (χ0n) is 16.6. The van der Waals surface area contributed by atoms with Crippen LogP contribution in [-0.4, -0.2) is 20.0 Å². The van der Waals surface area contributed by atoms with Gasteiger partial charge in [0.1, 0.15) is 11.2 Å². The molecule has 4 rings (SSSR count). The summed E-state index contributed by atoms with van der Waals surface area (Å²) in [5, 5.41) is 3.93. The summed E-state index contributed by atoms with van der Waals surface area (Å²) in [6.45, 7) is 4.00. The van der Waals surface area contributed by atoms with Crippen molar-refractivity contribution in [1.82, 2.24) is 14.1 Å². The van der Waals surface area contributed by atoms with E-state index in [4.69, 9.17) is 4.42 Å². The Labute approximate surface area is 165 Å². The Hall–Kier alpha value is -3.68. The van der Waals surface area contributed by atoms with E-state index in [1.54, 1.807) is 13.3 Å². The molecule has 8 nitrogen and oxygen atoms in total. The van der Waals surface area contributed by atoms with E-state index in [1.807, 2.05) is 26.0 Å². The number of furan rings is 1. The lowest BCUT2D eigenvalue weighted by Crippen LogP contribution is -2.37. The highest BCUT2D eigenvalue weighted by atomic mass is 16.3. The summed E-state index contributed by atoms with van der Waals surface area (Å²) in [5.41, 5.74) is 3.48. The first-order valence-electron chi connectivity index (χ1n) is 9.10. The average molecular weight is 392 g/mol. The van der Waals surface area contributed by atoms with Crippen molar-refractivity contribution < 1.29 is 9.21 Å². The Kier molecular flexibility index (Phi) is 4.34. The number of carbonyl (C=O) groups is 1. The van der Waals surface area contributed by atoms with Gasteiger partial charge in [-0.1, -0.05) is 12.1 Å². The molecule has 0 bridgehead atoms. The molecule has 3 heterocycles. The predicted molar refractivity (Wildman–Crippen MR) is 110 cm³/mol. The highest BCUT2D eigenvalue weighted by molar-refractivity contribution is 5.96. The topological polar surface area (TPSA) is 99.1 Å². The maximum absolute atomic E-state index is 12.6. The molecule has 0 spiro atoms. The number of aryl methyl sites for hydroxylation is 3. The summed E-state index contributed by atoms with van der Waals surface area (Å²) >= 11 is 0. The van der Waals surface area contributed by atoms with E-state index < -0.39 is 11.2 Å². The zero-order valence-corrected chi connectivity index (χ0v) is 16.6. The molecule has 0 saturated heterocycles. The smallest absolute Gasteiger partial charge is 0.332 e. The van der Waals surface area contributed by atoms with Gasteiger partial charge in [0.15, 0.2) is 0 Å². The highest BCUT2D eigenvalue weighted by Gasteiger charge is 2.15. The number of pyridine rings is 1. The van der Waals surface area contributed by atoms with Gasteiger partial charge in [-0.05, 0) is 31.0 Å². The van der Waals surface area contributed by atoms with Gasteiger partial charge in [-0.3, -0.25) is 18.7 Å². The van der Waals surface area contributed by atoms with Gasteiger partial charge in [0.2, 0.25) is 5.91 Å². The van der Waals surface area contributed by atoms with Crippen LogP contribution in [0.3, 0.4) is 0 Å². The average Bonchev–Trinajstić information content (AvgIpc) is 3.10. The van der Waals surface area contributed by atoms with Crippen molar-refractivity contribution in [3.8, 4) is 0 Å². The Bertz CT molecular complexity index is 1410. The lowest BCUT2D eigenvalue weighted by atomic mass is 10.0. The van der Waals surface area contributed by atoms with Crippen LogP contribution in [-0.2, 0) is 25.3 Å². The maximum atomic E-state index is 12.6. The SMILES string of the molecule is Cc1ccc2c(CC(=O)Nc3cnc4c(c3)c(=O)n(C)c(=O)n4C)coc2c1C. The van der Waals surface area contributed by atoms with E-state index in [9.17, 15) is 14.4 Å². The molecule has 1 amide bonds. The van der Waals surface area contributed by atoms with E-state index in [2.05, 4.69) is 10.3 Å². The molecule has 0 aliphatic heterocycles. The first-order valence-corrected chi connectivity index (χ1v) is 9.10. The summed E-state index contributed by atoms with van der Waals surface area (Å²) in [6.07, 6.45) is 3.15. The summed E-state index contributed by atoms with van der Waals surface area (Å²) in [7, 11) is 2.95. The molecule has 0 aliphatic rings. The number of anilines is 1. The molecule has 8 heteroatoms. The van der Waals surface area contributed by atoms with Crippen LogP contribution in [0, 0.1) is 13.8 Å². The van der Waals surface area contributed by atoms with Crippen molar-refractivity contribution in [2.45, 2.75) is 20.3 Å². The molecule has 0 aliphatic carbocycles. The second-order valence-electron chi connectivity index (χ2n) is 7.17. The second kappa shape index (κ2) is 6.73. The van der Waals surface area contributed by atoms with Gasteiger partial charge in [0.05, 0.1) is 30.0 Å². The standard InChI is InChI=1S/C21H20N4O4/c1-11-5-6-15-13(10-29-18(15)12(11)2)7-17(26)23-14-8-16-19(22-9-14)24(3)21(28)25(4)20(16)27/h5-6,8-10H,7H2,1-4H3,(H,23,26). The van der Waals surface area contributed by atoms with Crippen molar-refractivity contribution in [2.24, 2.45) is 14.1 Å². The molecule has 3 aromatic heterocycles. The Morgan fingerprint density at radius 3 is 2.66 bits per heavy atom. The molecule has 4 aromatic rings. The number of hydrogen-bond donors (Lipinski definition) is 1. The Morgan fingerprint density at radius 2 is 1.90 bits per heavy atom. The number of rotatable bonds is 3. The van der Waals surface area contributed by atoms with Crippen molar-refractivity contribution in [3.63, 3.8) is 0 Å². The van der Waals surface area contributed by atoms with E-state index in [-0.39, 0.29) is 23.4 Å². The third-order valence-electron chi connectivity index (χ3n) is 5.27. The number of carbonyl (C=O) groups excluding carboxylic acids is 1. The van der Waals surface area contributed by atoms with Crippen LogP contribution in [0.5, 0.6) is 0 Å². The number of hydrogen-bond acceptors (Lipinski definition) is 5. The van der Waals surface area contributed by atoms with Crippen LogP contribution in [0.2, 0.25) is 0 Å². The van der Waals surface area contributed by atoms with Crippen molar-refractivity contribution in [1.29, 1.82) is 0 Å². The first kappa shape index (κ1) is 18.7. The fourth-order valence-electron chi connectivity index (χ4n) is 3.44. The summed E-state index contributed by atoms with van der Waals surface area (Å²) in [6, 6.07) is 5.48. The van der Waals surface area contributed by atoms with Gasteiger partial charge in [0.25, 0.3) is 5.56 Å². The summed E-state index contributed by atoms with van der Waals surface area (Å²) < 4.78 is 7.96. The molecule has 0 unspecified atom stereocenters. The number of amides is 1. The van der Waals surface area contributed by atoms with Crippen molar-refractivity contribution in [2.75, 3.05) is 5.32 Å². The molecule has 0 atom stereocenters. The van der Waals surface area contributed by atoms with Gasteiger partial charge in [-0.25, -0.2) is 9.78 Å². The van der Waals surface area contributed by atoms with Crippen LogP contribution >= 0.6 is 0 Å². The molecular formula is C21H20N4O4. The van der Waals surface area contributed by atoms with Gasteiger partial charge in [-0.2, -0.15) is 0 Å². The van der Waals surface area contributed by atoms with E-state index in [1.165, 1.54) is 23.9 Å². The van der Waals surface area contributed by atoms with Crippen LogP contribution in [0.25, 0.3) is 22.0 Å². The van der Waals surface area contributed by atoms with Crippen LogP contribution < -0.4 is 16.6 Å². The molecule has 0 fully saturated rings. The summed E-state index contributed by atoms with van der Waals surface area (Å²) in [5.74, 6) is -0.256. The minimum absolute atomic E-state index is 0.124. The zero-order chi connectivity index (χ0) is 20.9. The fraction of sp³-hybridized carbons (Fsp3) is 0.238. The lowest BCUT2D eigenvalue weighted by Gasteiger charge is -2.09. The third-order valence-corrected chi connectivity index (χ3v) is 5.27. The highest BCUT2D eigenvalue weighted by Crippen LogP contribution is 2.27. The fourth-order valence-corrected chi connectivity index (χ4v) is 3.44. The number of nitrogens with zero attached hydrogens (tertiary/aromatic N) is 3. The molecule has 29 heavy (non-hydrogen) atoms. The maximum Gasteiger partial charge on any atom is 0.332 e. The van der Waals surface area contributed by atoms with E-state index in [0.717, 1.165) is 32.2 Å². The monoisotopic (exact) mass is 392 g/mol. The number of nitrogens with one attached hydrogen (secondary N) is 1. The van der Waals surface area contributed by atoms with Crippen LogP contribution in [0.1, 0.15) is 16.7 Å². The second-order valence-corrected chi connectivity index (χ2v) is 7.17. The lowest BCUT2D eigenvalue weighted by molar-refractivity contribution is -0.115. The van der Waals surface area contributed by atoms with Gasteiger partial charge >= 0.3 is 5.69 Å². The number of benzene rings is 1. The van der Waals surface area contributed by atoms with E-state index in [0.29, 0.717) is 5.69 Å². The molecule has 0 radical (unpaired) electrons. The molecule has 1 aromatic carbocycles. The van der Waals surface area contributed by atoms with E-state index >= 15 is 0 Å². The third kappa shape index (κ3) is 3.02.